The maximum Gasteiger partial charge on any atom is 0.343 e. The van der Waals surface area contributed by atoms with Crippen LogP contribution in [0.4, 0.5) is 0 Å². The van der Waals surface area contributed by atoms with E-state index in [4.69, 9.17) is 18.9 Å². The van der Waals surface area contributed by atoms with Crippen molar-refractivity contribution in [2.24, 2.45) is 0 Å². The van der Waals surface area contributed by atoms with Crippen molar-refractivity contribution in [1.29, 1.82) is 0 Å². The fraction of sp³-hybridized carbons (Fsp3) is 0.487. The second-order valence-electron chi connectivity index (χ2n) is 11.7. The van der Waals surface area contributed by atoms with Gasteiger partial charge in [-0.3, -0.25) is 0 Å². The summed E-state index contributed by atoms with van der Waals surface area (Å²) in [5, 5.41) is 0. The van der Waals surface area contributed by atoms with Gasteiger partial charge in [0.1, 0.15) is 11.5 Å². The Kier molecular flexibility index (Phi) is 16.8. The zero-order valence-corrected chi connectivity index (χ0v) is 27.6. The van der Waals surface area contributed by atoms with E-state index >= 15 is 0 Å². The first-order chi connectivity index (χ1) is 22.0. The molecule has 1 atom stereocenters. The summed E-state index contributed by atoms with van der Waals surface area (Å²) >= 11 is 0. The smallest absolute Gasteiger partial charge is 0.343 e. The van der Waals surface area contributed by atoms with E-state index < -0.39 is 11.9 Å². The third-order valence-corrected chi connectivity index (χ3v) is 7.78. The highest BCUT2D eigenvalue weighted by atomic mass is 16.5. The van der Waals surface area contributed by atoms with Gasteiger partial charge >= 0.3 is 11.9 Å². The van der Waals surface area contributed by atoms with Gasteiger partial charge in [-0.05, 0) is 79.4 Å². The number of benzene rings is 3. The molecule has 45 heavy (non-hydrogen) atoms. The van der Waals surface area contributed by atoms with Gasteiger partial charge in [0, 0.05) is 13.0 Å². The van der Waals surface area contributed by atoms with Crippen LogP contribution in [0.2, 0.25) is 0 Å². The van der Waals surface area contributed by atoms with Gasteiger partial charge in [0.05, 0.1) is 30.4 Å². The third kappa shape index (κ3) is 13.9. The molecule has 0 aliphatic carbocycles. The van der Waals surface area contributed by atoms with E-state index in [-0.39, 0.29) is 12.7 Å². The van der Waals surface area contributed by atoms with Crippen LogP contribution in [0.3, 0.4) is 0 Å². The highest BCUT2D eigenvalue weighted by Gasteiger charge is 2.12. The molecule has 244 valence electrons. The molecule has 0 amide bonds. The molecule has 0 bridgehead atoms. The molecule has 3 aromatic carbocycles. The zero-order chi connectivity index (χ0) is 32.1. The summed E-state index contributed by atoms with van der Waals surface area (Å²) in [5.74, 6) is 0.357. The topological polar surface area (TPSA) is 71.1 Å². The second kappa shape index (κ2) is 21.2. The third-order valence-electron chi connectivity index (χ3n) is 7.78. The molecule has 0 heterocycles. The molecule has 6 heteroatoms. The monoisotopic (exact) mass is 616 g/mol. The fourth-order valence-corrected chi connectivity index (χ4v) is 4.91. The van der Waals surface area contributed by atoms with Crippen molar-refractivity contribution in [2.45, 2.75) is 104 Å². The summed E-state index contributed by atoms with van der Waals surface area (Å²) in [4.78, 5) is 25.1. The minimum absolute atomic E-state index is 0.0415. The largest absolute Gasteiger partial charge is 0.494 e. The molecule has 6 nitrogen and oxygen atoms in total. The second-order valence-corrected chi connectivity index (χ2v) is 11.7. The van der Waals surface area contributed by atoms with Crippen LogP contribution in [0, 0.1) is 0 Å². The average molecular weight is 617 g/mol. The number of hydrogen-bond donors (Lipinski definition) is 0. The lowest BCUT2D eigenvalue weighted by Crippen LogP contribution is -2.15. The Hall–Kier alpha value is -3.64. The minimum atomic E-state index is -0.463. The van der Waals surface area contributed by atoms with Gasteiger partial charge in [-0.25, -0.2) is 9.59 Å². The lowest BCUT2D eigenvalue weighted by molar-refractivity contribution is 0.0259. The molecule has 3 rings (SSSR count). The molecular weight excluding hydrogens is 564 g/mol. The van der Waals surface area contributed by atoms with Crippen molar-refractivity contribution in [1.82, 2.24) is 0 Å². The van der Waals surface area contributed by atoms with Crippen molar-refractivity contribution in [3.05, 3.63) is 83.9 Å². The minimum Gasteiger partial charge on any atom is -0.494 e. The Balaban J connectivity index is 1.37. The summed E-state index contributed by atoms with van der Waals surface area (Å²) in [7, 11) is 0. The number of esters is 2. The van der Waals surface area contributed by atoms with Crippen LogP contribution in [-0.2, 0) is 9.47 Å². The number of hydrogen-bond acceptors (Lipinski definition) is 6. The highest BCUT2D eigenvalue weighted by molar-refractivity contribution is 5.92. The van der Waals surface area contributed by atoms with Crippen LogP contribution in [0.15, 0.2) is 72.8 Å². The molecule has 0 spiro atoms. The van der Waals surface area contributed by atoms with Gasteiger partial charge in [0.15, 0.2) is 0 Å². The van der Waals surface area contributed by atoms with E-state index in [0.717, 1.165) is 55.8 Å². The Bertz CT molecular complexity index is 1230. The number of rotatable bonds is 22. The van der Waals surface area contributed by atoms with Crippen molar-refractivity contribution < 1.29 is 28.5 Å². The van der Waals surface area contributed by atoms with Crippen LogP contribution in [0.5, 0.6) is 11.5 Å². The SMILES string of the molecule is CCCCCCCCCCOc1ccc(-c2ccc(C(=O)Oc3ccc(C(=O)OCCC(C)OCCCCC)cc3)cc2)cc1. The quantitative estimate of drug-likeness (QED) is 0.0635. The van der Waals surface area contributed by atoms with Gasteiger partial charge in [-0.1, -0.05) is 95.9 Å². The maximum absolute atomic E-state index is 12.7. The van der Waals surface area contributed by atoms with E-state index in [9.17, 15) is 9.59 Å². The molecule has 0 aliphatic heterocycles. The molecule has 0 aliphatic rings. The Morgan fingerprint density at radius 2 is 1.04 bits per heavy atom. The van der Waals surface area contributed by atoms with E-state index in [1.165, 1.54) is 44.9 Å². The fourth-order valence-electron chi connectivity index (χ4n) is 4.91. The molecule has 0 radical (unpaired) electrons. The van der Waals surface area contributed by atoms with Crippen LogP contribution in [0.25, 0.3) is 11.1 Å². The molecule has 0 saturated heterocycles. The predicted octanol–water partition coefficient (Wildman–Crippen LogP) is 10.2. The van der Waals surface area contributed by atoms with Crippen LogP contribution in [-0.4, -0.2) is 37.9 Å². The Labute approximate surface area is 270 Å². The lowest BCUT2D eigenvalue weighted by Gasteiger charge is -2.13. The number of ether oxygens (including phenoxy) is 4. The molecule has 0 N–H and O–H groups in total. The highest BCUT2D eigenvalue weighted by Crippen LogP contribution is 2.24. The van der Waals surface area contributed by atoms with Gasteiger partial charge in [-0.15, -0.1) is 0 Å². The summed E-state index contributed by atoms with van der Waals surface area (Å²) < 4.78 is 22.6. The maximum atomic E-state index is 12.7. The van der Waals surface area contributed by atoms with Gasteiger partial charge in [0.2, 0.25) is 0 Å². The first-order valence-electron chi connectivity index (χ1n) is 16.9. The van der Waals surface area contributed by atoms with Crippen LogP contribution in [0.1, 0.15) is 119 Å². The zero-order valence-electron chi connectivity index (χ0n) is 27.6. The van der Waals surface area contributed by atoms with Gasteiger partial charge in [0.25, 0.3) is 0 Å². The van der Waals surface area contributed by atoms with Gasteiger partial charge < -0.3 is 18.9 Å². The van der Waals surface area contributed by atoms with Gasteiger partial charge in [-0.2, -0.15) is 0 Å². The normalized spacial score (nSPS) is 11.6. The summed E-state index contributed by atoms with van der Waals surface area (Å²) in [6.07, 6.45) is 14.3. The summed E-state index contributed by atoms with van der Waals surface area (Å²) in [6, 6.07) is 21.8. The van der Waals surface area contributed by atoms with Crippen molar-refractivity contribution in [3.63, 3.8) is 0 Å². The Morgan fingerprint density at radius 3 is 1.69 bits per heavy atom. The van der Waals surface area contributed by atoms with Crippen molar-refractivity contribution in [3.8, 4) is 22.6 Å². The van der Waals surface area contributed by atoms with E-state index in [0.29, 0.717) is 23.3 Å². The first-order valence-corrected chi connectivity index (χ1v) is 16.9. The van der Waals surface area contributed by atoms with E-state index in [1.807, 2.05) is 43.3 Å². The molecule has 0 fully saturated rings. The van der Waals surface area contributed by atoms with E-state index in [2.05, 4.69) is 13.8 Å². The predicted molar refractivity (Wildman–Crippen MR) is 181 cm³/mol. The molecule has 0 saturated carbocycles. The van der Waals surface area contributed by atoms with E-state index in [1.54, 1.807) is 36.4 Å². The lowest BCUT2D eigenvalue weighted by atomic mass is 10.0. The number of unbranched alkanes of at least 4 members (excludes halogenated alkanes) is 9. The molecule has 1 unspecified atom stereocenters. The number of carbonyl (C=O) groups excluding carboxylic acids is 2. The summed E-state index contributed by atoms with van der Waals surface area (Å²) in [5.41, 5.74) is 2.89. The number of carbonyl (C=O) groups is 2. The average Bonchev–Trinajstić information content (AvgIpc) is 3.06. The molecule has 3 aromatic rings. The van der Waals surface area contributed by atoms with Crippen LogP contribution < -0.4 is 9.47 Å². The van der Waals surface area contributed by atoms with Crippen molar-refractivity contribution in [2.75, 3.05) is 19.8 Å². The van der Waals surface area contributed by atoms with Crippen LogP contribution >= 0.6 is 0 Å². The molecular formula is C39H52O6. The molecule has 0 aromatic heterocycles. The standard InChI is InChI=1S/C39H52O6/c1-4-6-8-9-10-11-12-14-29-43-36-23-19-33(20-24-36)32-15-17-35(18-16-32)39(41)45-37-25-21-34(22-26-37)38(40)44-30-27-31(3)42-28-13-7-5-2/h15-26,31H,4-14,27-30H2,1-3H3. The summed E-state index contributed by atoms with van der Waals surface area (Å²) in [6.45, 7) is 8.16. The Morgan fingerprint density at radius 1 is 0.556 bits per heavy atom. The van der Waals surface area contributed by atoms with Crippen molar-refractivity contribution >= 4 is 11.9 Å². The first kappa shape index (κ1) is 35.8.